The van der Waals surface area contributed by atoms with Gasteiger partial charge in [-0.25, -0.2) is 0 Å². The highest BCUT2D eigenvalue weighted by molar-refractivity contribution is 6.35. The van der Waals surface area contributed by atoms with Gasteiger partial charge < -0.3 is 10.6 Å². The first-order valence-corrected chi connectivity index (χ1v) is 8.18. The summed E-state index contributed by atoms with van der Waals surface area (Å²) >= 11 is 12.0. The van der Waals surface area contributed by atoms with Crippen molar-refractivity contribution in [2.75, 3.05) is 10.6 Å². The fraction of sp³-hybridized carbons (Fsp3) is 0. The van der Waals surface area contributed by atoms with Gasteiger partial charge in [0.2, 0.25) is 0 Å². The molecule has 0 spiro atoms. The van der Waals surface area contributed by atoms with Crippen LogP contribution in [-0.4, -0.2) is 16.1 Å². The van der Waals surface area contributed by atoms with E-state index in [1.54, 1.807) is 48.5 Å². The number of nitrogens with one attached hydrogen (secondary N) is 2. The van der Waals surface area contributed by atoms with Crippen molar-refractivity contribution in [3.63, 3.8) is 0 Å². The van der Waals surface area contributed by atoms with Gasteiger partial charge in [-0.2, -0.15) is 5.26 Å². The number of halogens is 2. The molecule has 1 heterocycles. The van der Waals surface area contributed by atoms with Gasteiger partial charge in [0.1, 0.15) is 0 Å². The van der Waals surface area contributed by atoms with Gasteiger partial charge in [-0.1, -0.05) is 29.3 Å². The Kier molecular flexibility index (Phi) is 5.32. The van der Waals surface area contributed by atoms with E-state index in [2.05, 4.69) is 20.8 Å². The van der Waals surface area contributed by atoms with Gasteiger partial charge in [0.25, 0.3) is 5.91 Å². The zero-order valence-electron chi connectivity index (χ0n) is 13.2. The van der Waals surface area contributed by atoms with Gasteiger partial charge in [-0.05, 0) is 48.5 Å². The summed E-state index contributed by atoms with van der Waals surface area (Å²) in [6, 6.07) is 16.7. The van der Waals surface area contributed by atoms with E-state index in [0.717, 1.165) is 0 Å². The minimum atomic E-state index is -0.431. The van der Waals surface area contributed by atoms with Crippen LogP contribution in [-0.2, 0) is 0 Å². The topological polar surface area (TPSA) is 90.7 Å². The third-order valence-electron chi connectivity index (χ3n) is 3.34. The summed E-state index contributed by atoms with van der Waals surface area (Å²) in [5.41, 5.74) is 1.67. The summed E-state index contributed by atoms with van der Waals surface area (Å²) in [7, 11) is 0. The Bertz CT molecular complexity index is 999. The molecular weight excluding hydrogens is 373 g/mol. The van der Waals surface area contributed by atoms with Crippen LogP contribution in [0.1, 0.15) is 16.1 Å². The second-order valence-electron chi connectivity index (χ2n) is 5.20. The molecule has 1 aromatic heterocycles. The Balaban J connectivity index is 1.71. The van der Waals surface area contributed by atoms with Crippen LogP contribution in [0.4, 0.5) is 17.2 Å². The highest BCUT2D eigenvalue weighted by Crippen LogP contribution is 2.27. The first-order chi connectivity index (χ1) is 12.5. The van der Waals surface area contributed by atoms with Crippen molar-refractivity contribution in [2.24, 2.45) is 0 Å². The largest absolute Gasteiger partial charge is 0.337 e. The number of carbonyl (C=O) groups is 1. The van der Waals surface area contributed by atoms with Crippen molar-refractivity contribution >= 4 is 46.3 Å². The number of benzene rings is 2. The number of amides is 1. The van der Waals surface area contributed by atoms with Gasteiger partial charge in [0.05, 0.1) is 22.3 Å². The fourth-order valence-electron chi connectivity index (χ4n) is 2.11. The van der Waals surface area contributed by atoms with E-state index < -0.39 is 5.91 Å². The summed E-state index contributed by atoms with van der Waals surface area (Å²) in [6.45, 7) is 0. The number of nitrogens with zero attached hydrogens (tertiary/aromatic N) is 3. The predicted molar refractivity (Wildman–Crippen MR) is 101 cm³/mol. The van der Waals surface area contributed by atoms with Gasteiger partial charge in [-0.15, -0.1) is 10.2 Å². The van der Waals surface area contributed by atoms with Gasteiger partial charge in [0.15, 0.2) is 11.5 Å². The summed E-state index contributed by atoms with van der Waals surface area (Å²) in [5.74, 6) is -0.0166. The van der Waals surface area contributed by atoms with Crippen LogP contribution >= 0.6 is 23.2 Å². The molecule has 0 fully saturated rings. The number of rotatable bonds is 4. The van der Waals surface area contributed by atoms with Crippen LogP contribution in [0.25, 0.3) is 0 Å². The van der Waals surface area contributed by atoms with Gasteiger partial charge >= 0.3 is 0 Å². The Morgan fingerprint density at radius 1 is 1.04 bits per heavy atom. The molecule has 3 rings (SSSR count). The Labute approximate surface area is 159 Å². The smallest absolute Gasteiger partial charge is 0.276 e. The normalized spacial score (nSPS) is 10.0. The summed E-state index contributed by atoms with van der Waals surface area (Å²) < 4.78 is 0. The van der Waals surface area contributed by atoms with E-state index in [1.807, 2.05) is 6.07 Å². The van der Waals surface area contributed by atoms with E-state index >= 15 is 0 Å². The molecule has 0 aliphatic carbocycles. The molecule has 0 aliphatic heterocycles. The van der Waals surface area contributed by atoms with Gasteiger partial charge in [0, 0.05) is 10.7 Å². The van der Waals surface area contributed by atoms with Crippen molar-refractivity contribution in [1.82, 2.24) is 10.2 Å². The molecule has 0 bridgehead atoms. The lowest BCUT2D eigenvalue weighted by Gasteiger charge is -2.08. The van der Waals surface area contributed by atoms with Crippen LogP contribution in [0.3, 0.4) is 0 Å². The SMILES string of the molecule is N#Cc1cccc(NC(=O)c2ccc(Nc3cc(Cl)ccc3Cl)nn2)c1. The monoisotopic (exact) mass is 383 g/mol. The highest BCUT2D eigenvalue weighted by atomic mass is 35.5. The van der Waals surface area contributed by atoms with Crippen molar-refractivity contribution in [3.05, 3.63) is 75.9 Å². The Morgan fingerprint density at radius 3 is 2.62 bits per heavy atom. The first kappa shape index (κ1) is 17.7. The molecule has 26 heavy (non-hydrogen) atoms. The number of anilines is 3. The molecule has 2 aromatic carbocycles. The van der Waals surface area contributed by atoms with Crippen molar-refractivity contribution in [1.29, 1.82) is 5.26 Å². The molecule has 0 atom stereocenters. The Hall–Kier alpha value is -3.14. The van der Waals surface area contributed by atoms with E-state index in [4.69, 9.17) is 28.5 Å². The molecule has 0 radical (unpaired) electrons. The molecule has 6 nitrogen and oxygen atoms in total. The number of hydrogen-bond donors (Lipinski definition) is 2. The minimum absolute atomic E-state index is 0.134. The third-order valence-corrected chi connectivity index (χ3v) is 3.90. The van der Waals surface area contributed by atoms with E-state index in [-0.39, 0.29) is 5.69 Å². The zero-order chi connectivity index (χ0) is 18.5. The molecule has 2 N–H and O–H groups in total. The molecule has 0 saturated heterocycles. The van der Waals surface area contributed by atoms with Crippen LogP contribution in [0.5, 0.6) is 0 Å². The van der Waals surface area contributed by atoms with E-state index in [9.17, 15) is 4.79 Å². The molecule has 128 valence electrons. The van der Waals surface area contributed by atoms with Crippen molar-refractivity contribution in [3.8, 4) is 6.07 Å². The van der Waals surface area contributed by atoms with Crippen LogP contribution in [0, 0.1) is 11.3 Å². The molecule has 8 heteroatoms. The lowest BCUT2D eigenvalue weighted by atomic mass is 10.2. The molecule has 0 saturated carbocycles. The molecule has 0 aliphatic rings. The molecule has 3 aromatic rings. The van der Waals surface area contributed by atoms with Crippen LogP contribution in [0.2, 0.25) is 10.0 Å². The van der Waals surface area contributed by atoms with Crippen molar-refractivity contribution < 1.29 is 4.79 Å². The lowest BCUT2D eigenvalue weighted by molar-refractivity contribution is 0.102. The van der Waals surface area contributed by atoms with E-state index in [0.29, 0.717) is 32.8 Å². The summed E-state index contributed by atoms with van der Waals surface area (Å²) in [6.07, 6.45) is 0. The second kappa shape index (κ2) is 7.83. The average Bonchev–Trinajstić information content (AvgIpc) is 2.65. The second-order valence-corrected chi connectivity index (χ2v) is 6.04. The molecule has 1 amide bonds. The van der Waals surface area contributed by atoms with Gasteiger partial charge in [-0.3, -0.25) is 4.79 Å². The number of hydrogen-bond acceptors (Lipinski definition) is 5. The average molecular weight is 384 g/mol. The summed E-state index contributed by atoms with van der Waals surface area (Å²) in [5, 5.41) is 23.4. The van der Waals surface area contributed by atoms with Crippen LogP contribution < -0.4 is 10.6 Å². The minimum Gasteiger partial charge on any atom is -0.337 e. The number of aromatic nitrogens is 2. The molecular formula is C18H11Cl2N5O. The quantitative estimate of drug-likeness (QED) is 0.683. The predicted octanol–water partition coefficient (Wildman–Crippen LogP) is 4.65. The molecule has 0 unspecified atom stereocenters. The number of nitriles is 1. The standard InChI is InChI=1S/C18H11Cl2N5O/c19-12-4-5-14(20)16(9-12)23-17-7-6-15(24-25-17)18(26)22-13-3-1-2-11(8-13)10-21/h1-9H,(H,22,26)(H,23,25). The lowest BCUT2D eigenvalue weighted by Crippen LogP contribution is -2.14. The first-order valence-electron chi connectivity index (χ1n) is 7.42. The maximum atomic E-state index is 12.2. The highest BCUT2D eigenvalue weighted by Gasteiger charge is 2.10. The summed E-state index contributed by atoms with van der Waals surface area (Å²) in [4.78, 5) is 12.2. The maximum absolute atomic E-state index is 12.2. The third kappa shape index (κ3) is 4.28. The zero-order valence-corrected chi connectivity index (χ0v) is 14.7. The van der Waals surface area contributed by atoms with Crippen LogP contribution in [0.15, 0.2) is 54.6 Å². The maximum Gasteiger partial charge on any atom is 0.276 e. The fourth-order valence-corrected chi connectivity index (χ4v) is 2.45. The number of carbonyl (C=O) groups excluding carboxylic acids is 1. The van der Waals surface area contributed by atoms with E-state index in [1.165, 1.54) is 6.07 Å². The Morgan fingerprint density at radius 2 is 1.88 bits per heavy atom. The van der Waals surface area contributed by atoms with Crippen molar-refractivity contribution in [2.45, 2.75) is 0 Å².